The number of esters is 3. The van der Waals surface area contributed by atoms with Crippen LogP contribution >= 0.6 is 0 Å². The van der Waals surface area contributed by atoms with Crippen molar-refractivity contribution in [1.82, 2.24) is 0 Å². The molecule has 0 bridgehead atoms. The van der Waals surface area contributed by atoms with Gasteiger partial charge in [-0.3, -0.25) is 14.4 Å². The highest BCUT2D eigenvalue weighted by atomic mass is 16.7. The minimum atomic E-state index is -1.92. The average molecular weight is 1030 g/mol. The van der Waals surface area contributed by atoms with E-state index in [0.717, 1.165) is 128 Å². The molecule has 6 atom stereocenters. The molecule has 1 fully saturated rings. The van der Waals surface area contributed by atoms with E-state index in [2.05, 4.69) is 106 Å². The van der Waals surface area contributed by atoms with Gasteiger partial charge in [0.25, 0.3) is 0 Å². The fourth-order valence-electron chi connectivity index (χ4n) is 8.04. The summed E-state index contributed by atoms with van der Waals surface area (Å²) in [6.07, 6.45) is 49.9. The largest absolute Gasteiger partial charge is 0.479 e. The first kappa shape index (κ1) is 66.9. The Morgan fingerprint density at radius 1 is 0.466 bits per heavy atom. The second kappa shape index (κ2) is 48.8. The van der Waals surface area contributed by atoms with Crippen LogP contribution in [-0.2, 0) is 42.9 Å². The summed E-state index contributed by atoms with van der Waals surface area (Å²) in [5.41, 5.74) is 0. The summed E-state index contributed by atoms with van der Waals surface area (Å²) >= 11 is 0. The van der Waals surface area contributed by atoms with Gasteiger partial charge in [0.15, 0.2) is 24.6 Å². The number of carboxylic acid groups (broad SMARTS) is 1. The molecule has 0 aromatic heterocycles. The van der Waals surface area contributed by atoms with Gasteiger partial charge in [-0.05, 0) is 109 Å². The Morgan fingerprint density at radius 3 is 1.41 bits per heavy atom. The fraction of sp³-hybridized carbons (Fsp3) is 0.705. The van der Waals surface area contributed by atoms with E-state index in [9.17, 15) is 34.5 Å². The summed E-state index contributed by atoms with van der Waals surface area (Å²) in [7, 11) is 0. The average Bonchev–Trinajstić information content (AvgIpc) is 3.37. The second-order valence-corrected chi connectivity index (χ2v) is 19.2. The van der Waals surface area contributed by atoms with Gasteiger partial charge in [-0.1, -0.05) is 183 Å². The molecule has 0 amide bonds. The molecular formula is C61H100O12. The molecule has 0 aromatic rings. The standard InChI is InChI=1S/C61H100O12/c1-4-7-10-13-16-19-22-25-27-30-32-35-38-41-44-47-53(62)69-50-52(71-54(63)48-45-42-39-36-34-31-28-26-23-20-17-14-11-8-5-2)51-70-61-59(57(66)56(65)58(73-61)60(67)68)72-55(64)49-46-43-40-37-33-29-24-21-18-15-12-9-6-3/h7,10,12,15-16,19,21,24-28,32,35,52,56-59,61,65-66H,4-6,8-9,11,13-14,17-18,20,22-23,29-31,33-34,36-51H2,1-3H3,(H,67,68)/b10-7-,15-12-,19-16-,24-21-,27-25-,28-26-,35-32-. The zero-order chi connectivity index (χ0) is 53.3. The highest BCUT2D eigenvalue weighted by Crippen LogP contribution is 2.26. The maximum absolute atomic E-state index is 13.1. The van der Waals surface area contributed by atoms with Gasteiger partial charge in [0.2, 0.25) is 0 Å². The Bertz CT molecular complexity index is 1590. The number of aliphatic hydroxyl groups is 2. The van der Waals surface area contributed by atoms with Crippen molar-refractivity contribution >= 4 is 23.9 Å². The van der Waals surface area contributed by atoms with Crippen LogP contribution in [0.3, 0.4) is 0 Å². The lowest BCUT2D eigenvalue weighted by Crippen LogP contribution is -2.61. The topological polar surface area (TPSA) is 175 Å². The van der Waals surface area contributed by atoms with Gasteiger partial charge in [0, 0.05) is 19.3 Å². The molecule has 0 spiro atoms. The van der Waals surface area contributed by atoms with Crippen molar-refractivity contribution in [3.63, 3.8) is 0 Å². The lowest BCUT2D eigenvalue weighted by Gasteiger charge is -2.40. The molecule has 1 heterocycles. The normalized spacial score (nSPS) is 18.9. The third-order valence-electron chi connectivity index (χ3n) is 12.4. The number of ether oxygens (including phenoxy) is 5. The van der Waals surface area contributed by atoms with E-state index in [1.165, 1.54) is 38.5 Å². The zero-order valence-electron chi connectivity index (χ0n) is 45.6. The van der Waals surface area contributed by atoms with Crippen molar-refractivity contribution in [2.45, 2.75) is 263 Å². The molecule has 0 aromatic carbocycles. The van der Waals surface area contributed by atoms with Gasteiger partial charge < -0.3 is 39.0 Å². The predicted molar refractivity (Wildman–Crippen MR) is 294 cm³/mol. The maximum atomic E-state index is 13.1. The molecule has 1 aliphatic rings. The van der Waals surface area contributed by atoms with Crippen molar-refractivity contribution < 1.29 is 58.2 Å². The van der Waals surface area contributed by atoms with Gasteiger partial charge in [-0.15, -0.1) is 0 Å². The first-order valence-corrected chi connectivity index (χ1v) is 28.6. The van der Waals surface area contributed by atoms with Crippen LogP contribution in [0.1, 0.15) is 226 Å². The van der Waals surface area contributed by atoms with Gasteiger partial charge in [-0.2, -0.15) is 0 Å². The van der Waals surface area contributed by atoms with Crippen LogP contribution in [0.4, 0.5) is 0 Å². The minimum absolute atomic E-state index is 0.0361. The molecule has 0 radical (unpaired) electrons. The zero-order valence-corrected chi connectivity index (χ0v) is 45.6. The number of hydrogen-bond acceptors (Lipinski definition) is 11. The van der Waals surface area contributed by atoms with Crippen LogP contribution in [0, 0.1) is 0 Å². The second-order valence-electron chi connectivity index (χ2n) is 19.2. The first-order chi connectivity index (χ1) is 35.6. The lowest BCUT2D eigenvalue weighted by molar-refractivity contribution is -0.301. The van der Waals surface area contributed by atoms with Crippen LogP contribution in [0.15, 0.2) is 85.1 Å². The number of carboxylic acids is 1. The molecule has 1 aliphatic heterocycles. The smallest absolute Gasteiger partial charge is 0.335 e. The van der Waals surface area contributed by atoms with Crippen LogP contribution in [0.25, 0.3) is 0 Å². The van der Waals surface area contributed by atoms with E-state index in [0.29, 0.717) is 19.3 Å². The summed E-state index contributed by atoms with van der Waals surface area (Å²) in [6.45, 7) is 5.74. The molecule has 12 nitrogen and oxygen atoms in total. The maximum Gasteiger partial charge on any atom is 0.335 e. The number of allylic oxidation sites excluding steroid dienone is 14. The van der Waals surface area contributed by atoms with Crippen molar-refractivity contribution in [2.75, 3.05) is 13.2 Å². The van der Waals surface area contributed by atoms with E-state index in [-0.39, 0.29) is 25.9 Å². The van der Waals surface area contributed by atoms with Gasteiger partial charge in [0.1, 0.15) is 18.8 Å². The molecule has 416 valence electrons. The van der Waals surface area contributed by atoms with E-state index in [4.69, 9.17) is 23.7 Å². The van der Waals surface area contributed by atoms with Crippen molar-refractivity contribution in [3.05, 3.63) is 85.1 Å². The van der Waals surface area contributed by atoms with Crippen LogP contribution in [-0.4, -0.2) is 89.2 Å². The van der Waals surface area contributed by atoms with Crippen molar-refractivity contribution in [2.24, 2.45) is 0 Å². The lowest BCUT2D eigenvalue weighted by atomic mass is 9.98. The Kier molecular flexibility index (Phi) is 44.7. The van der Waals surface area contributed by atoms with E-state index in [1.54, 1.807) is 0 Å². The van der Waals surface area contributed by atoms with Gasteiger partial charge in [0.05, 0.1) is 6.61 Å². The summed E-state index contributed by atoms with van der Waals surface area (Å²) in [4.78, 5) is 51.0. The predicted octanol–water partition coefficient (Wildman–Crippen LogP) is 14.3. The molecular weight excluding hydrogens is 925 g/mol. The van der Waals surface area contributed by atoms with Gasteiger partial charge >= 0.3 is 23.9 Å². The van der Waals surface area contributed by atoms with Crippen LogP contribution in [0.5, 0.6) is 0 Å². The Hall–Kier alpha value is -4.10. The third-order valence-corrected chi connectivity index (χ3v) is 12.4. The SMILES string of the molecule is CC/C=C\C/C=C\C/C=C\C/C=C\CCCCC(=O)OCC(COC1OC(C(=O)O)C(O)C(O)C1OC(=O)CCCCCCC/C=C\C/C=C\CCC)OC(=O)CCCCCCC/C=C\CCCCCCCC. The number of hydrogen-bond donors (Lipinski definition) is 3. The van der Waals surface area contributed by atoms with Crippen LogP contribution < -0.4 is 0 Å². The number of rotatable bonds is 47. The van der Waals surface area contributed by atoms with Crippen LogP contribution in [0.2, 0.25) is 0 Å². The number of aliphatic hydroxyl groups excluding tert-OH is 2. The molecule has 1 saturated heterocycles. The highest BCUT2D eigenvalue weighted by molar-refractivity contribution is 5.74. The number of carbonyl (C=O) groups is 4. The summed E-state index contributed by atoms with van der Waals surface area (Å²) < 4.78 is 28.3. The molecule has 3 N–H and O–H groups in total. The van der Waals surface area contributed by atoms with E-state index >= 15 is 0 Å². The van der Waals surface area contributed by atoms with Gasteiger partial charge in [-0.25, -0.2) is 4.79 Å². The monoisotopic (exact) mass is 1020 g/mol. The van der Waals surface area contributed by atoms with Crippen molar-refractivity contribution in [1.29, 1.82) is 0 Å². The molecule has 12 heteroatoms. The molecule has 73 heavy (non-hydrogen) atoms. The number of aliphatic carboxylic acids is 1. The fourth-order valence-corrected chi connectivity index (χ4v) is 8.04. The Balaban J connectivity index is 2.75. The van der Waals surface area contributed by atoms with Crippen molar-refractivity contribution in [3.8, 4) is 0 Å². The first-order valence-electron chi connectivity index (χ1n) is 28.6. The minimum Gasteiger partial charge on any atom is -0.479 e. The van der Waals surface area contributed by atoms with E-state index < -0.39 is 67.3 Å². The quantitative estimate of drug-likeness (QED) is 0.0228. The molecule has 0 aliphatic carbocycles. The molecule has 1 rings (SSSR count). The number of carbonyl (C=O) groups excluding carboxylic acids is 3. The third kappa shape index (κ3) is 39.0. The Labute approximate surface area is 441 Å². The summed E-state index contributed by atoms with van der Waals surface area (Å²) in [6, 6.07) is 0. The molecule has 6 unspecified atom stereocenters. The summed E-state index contributed by atoms with van der Waals surface area (Å²) in [5.74, 6) is -3.21. The summed E-state index contributed by atoms with van der Waals surface area (Å²) in [5, 5.41) is 31.4. The number of unbranched alkanes of at least 4 members (excludes halogenated alkanes) is 19. The Morgan fingerprint density at radius 2 is 0.890 bits per heavy atom. The van der Waals surface area contributed by atoms with E-state index in [1.807, 2.05) is 0 Å². The highest BCUT2D eigenvalue weighted by Gasteiger charge is 2.50. The molecule has 0 saturated carbocycles.